The van der Waals surface area contributed by atoms with E-state index in [4.69, 9.17) is 34.8 Å². The SMILES string of the molecule is CC[C@@H](C)NC(=O)[C@H](CC)N(Cc1c(Cl)cccc1Cl)C(=O)CCCN(c1cccc(Cl)c1)S(C)(=O)=O. The molecule has 2 aromatic carbocycles. The van der Waals surface area contributed by atoms with Crippen molar-refractivity contribution in [3.8, 4) is 0 Å². The molecule has 0 saturated heterocycles. The molecular formula is C26H34Cl3N3O4S. The van der Waals surface area contributed by atoms with Gasteiger partial charge in [0, 0.05) is 46.2 Å². The predicted octanol–water partition coefficient (Wildman–Crippen LogP) is 5.92. The number of carbonyl (C=O) groups excluding carboxylic acids is 2. The Bertz CT molecular complexity index is 1170. The van der Waals surface area contributed by atoms with Gasteiger partial charge in [-0.15, -0.1) is 0 Å². The van der Waals surface area contributed by atoms with Crippen molar-refractivity contribution < 1.29 is 18.0 Å². The topological polar surface area (TPSA) is 86.8 Å². The molecule has 0 saturated carbocycles. The van der Waals surface area contributed by atoms with Crippen LogP contribution in [0.5, 0.6) is 0 Å². The van der Waals surface area contributed by atoms with E-state index in [2.05, 4.69) is 5.32 Å². The standard InChI is InChI=1S/C26H34Cl3N3O4S/c1-5-18(3)30-26(34)24(6-2)31(17-21-22(28)12-8-13-23(21)29)25(33)14-9-15-32(37(4,35)36)20-11-7-10-19(27)16-20/h7-8,10-13,16,18,24H,5-6,9,14-15,17H2,1-4H3,(H,30,34)/t18-,24+/m1/s1. The quantitative estimate of drug-likeness (QED) is 0.314. The number of nitrogens with one attached hydrogen (secondary N) is 1. The van der Waals surface area contributed by atoms with Crippen molar-refractivity contribution in [1.29, 1.82) is 0 Å². The smallest absolute Gasteiger partial charge is 0.243 e. The number of amides is 2. The van der Waals surface area contributed by atoms with Crippen LogP contribution in [0.4, 0.5) is 5.69 Å². The van der Waals surface area contributed by atoms with Gasteiger partial charge < -0.3 is 10.2 Å². The molecule has 204 valence electrons. The van der Waals surface area contributed by atoms with E-state index in [-0.39, 0.29) is 43.8 Å². The van der Waals surface area contributed by atoms with Crippen LogP contribution in [-0.4, -0.2) is 50.0 Å². The fourth-order valence-corrected chi connectivity index (χ4v) is 5.51. The van der Waals surface area contributed by atoms with Gasteiger partial charge in [0.15, 0.2) is 0 Å². The van der Waals surface area contributed by atoms with Crippen LogP contribution in [0.1, 0.15) is 52.0 Å². The summed E-state index contributed by atoms with van der Waals surface area (Å²) in [6, 6.07) is 10.8. The number of sulfonamides is 1. The van der Waals surface area contributed by atoms with Crippen LogP contribution in [0.15, 0.2) is 42.5 Å². The zero-order valence-corrected chi connectivity index (χ0v) is 24.6. The third kappa shape index (κ3) is 9.06. The number of nitrogens with zero attached hydrogens (tertiary/aromatic N) is 2. The van der Waals surface area contributed by atoms with Gasteiger partial charge in [-0.3, -0.25) is 13.9 Å². The average molecular weight is 591 g/mol. The molecule has 0 aliphatic rings. The number of hydrogen-bond acceptors (Lipinski definition) is 4. The lowest BCUT2D eigenvalue weighted by molar-refractivity contribution is -0.141. The molecule has 2 amide bonds. The molecule has 0 aromatic heterocycles. The lowest BCUT2D eigenvalue weighted by Gasteiger charge is -2.32. The van der Waals surface area contributed by atoms with Gasteiger partial charge in [0.2, 0.25) is 21.8 Å². The van der Waals surface area contributed by atoms with Crippen LogP contribution in [0, 0.1) is 0 Å². The summed E-state index contributed by atoms with van der Waals surface area (Å²) in [7, 11) is -3.61. The minimum atomic E-state index is -3.61. The molecule has 11 heteroatoms. The maximum absolute atomic E-state index is 13.5. The third-order valence-electron chi connectivity index (χ3n) is 6.03. The first kappa shape index (κ1) is 31.2. The highest BCUT2D eigenvalue weighted by Crippen LogP contribution is 2.28. The largest absolute Gasteiger partial charge is 0.352 e. The molecule has 0 bridgehead atoms. The Morgan fingerprint density at radius 3 is 2.16 bits per heavy atom. The highest BCUT2D eigenvalue weighted by Gasteiger charge is 2.30. The molecule has 0 heterocycles. The Hall–Kier alpha value is -2.00. The predicted molar refractivity (Wildman–Crippen MR) is 152 cm³/mol. The van der Waals surface area contributed by atoms with Crippen LogP contribution >= 0.6 is 34.8 Å². The van der Waals surface area contributed by atoms with E-state index < -0.39 is 16.1 Å². The van der Waals surface area contributed by atoms with Crippen molar-refractivity contribution in [2.24, 2.45) is 0 Å². The van der Waals surface area contributed by atoms with Crippen LogP contribution in [0.2, 0.25) is 15.1 Å². The number of anilines is 1. The molecule has 0 fully saturated rings. The van der Waals surface area contributed by atoms with Crippen LogP contribution in [0.25, 0.3) is 0 Å². The van der Waals surface area contributed by atoms with E-state index in [1.165, 1.54) is 9.21 Å². The molecule has 0 radical (unpaired) electrons. The Morgan fingerprint density at radius 1 is 1.00 bits per heavy atom. The van der Waals surface area contributed by atoms with Gasteiger partial charge in [0.1, 0.15) is 6.04 Å². The number of hydrogen-bond donors (Lipinski definition) is 1. The van der Waals surface area contributed by atoms with Crippen LogP contribution in [0.3, 0.4) is 0 Å². The molecule has 2 aromatic rings. The zero-order valence-electron chi connectivity index (χ0n) is 21.5. The first-order valence-corrected chi connectivity index (χ1v) is 15.1. The highest BCUT2D eigenvalue weighted by molar-refractivity contribution is 7.92. The second-order valence-corrected chi connectivity index (χ2v) is 12.0. The summed E-state index contributed by atoms with van der Waals surface area (Å²) in [6.07, 6.45) is 2.48. The van der Waals surface area contributed by atoms with Crippen LogP contribution in [-0.2, 0) is 26.2 Å². The zero-order chi connectivity index (χ0) is 27.8. The lowest BCUT2D eigenvalue weighted by Crippen LogP contribution is -2.50. The first-order chi connectivity index (χ1) is 17.4. The highest BCUT2D eigenvalue weighted by atomic mass is 35.5. The van der Waals surface area contributed by atoms with Gasteiger partial charge in [0.25, 0.3) is 0 Å². The van der Waals surface area contributed by atoms with Crippen LogP contribution < -0.4 is 9.62 Å². The lowest BCUT2D eigenvalue weighted by atomic mass is 10.1. The van der Waals surface area contributed by atoms with E-state index in [1.807, 2.05) is 20.8 Å². The molecule has 0 aliphatic heterocycles. The molecule has 2 rings (SSSR count). The van der Waals surface area contributed by atoms with E-state index in [0.717, 1.165) is 12.7 Å². The number of carbonyl (C=O) groups is 2. The van der Waals surface area contributed by atoms with Gasteiger partial charge >= 0.3 is 0 Å². The minimum Gasteiger partial charge on any atom is -0.352 e. The molecule has 0 unspecified atom stereocenters. The summed E-state index contributed by atoms with van der Waals surface area (Å²) >= 11 is 18.8. The first-order valence-electron chi connectivity index (χ1n) is 12.1. The molecular weight excluding hydrogens is 557 g/mol. The Balaban J connectivity index is 2.28. The van der Waals surface area contributed by atoms with Crippen molar-refractivity contribution in [2.45, 2.75) is 65.1 Å². The number of rotatable bonds is 13. The van der Waals surface area contributed by atoms with E-state index in [1.54, 1.807) is 42.5 Å². The summed E-state index contributed by atoms with van der Waals surface area (Å²) in [5, 5.41) is 4.15. The Labute approximate surface area is 235 Å². The summed E-state index contributed by atoms with van der Waals surface area (Å²) < 4.78 is 26.1. The second kappa shape index (κ2) is 14.2. The van der Waals surface area contributed by atoms with Crippen molar-refractivity contribution in [3.63, 3.8) is 0 Å². The second-order valence-electron chi connectivity index (χ2n) is 8.88. The summed E-state index contributed by atoms with van der Waals surface area (Å²) in [5.41, 5.74) is 0.965. The summed E-state index contributed by atoms with van der Waals surface area (Å²) in [5.74, 6) is -0.563. The number of halogens is 3. The molecule has 7 nitrogen and oxygen atoms in total. The molecule has 1 N–H and O–H groups in total. The van der Waals surface area contributed by atoms with E-state index >= 15 is 0 Å². The van der Waals surface area contributed by atoms with Crippen molar-refractivity contribution >= 4 is 62.3 Å². The van der Waals surface area contributed by atoms with Crippen molar-refractivity contribution in [3.05, 3.63) is 63.1 Å². The monoisotopic (exact) mass is 589 g/mol. The normalized spacial score (nSPS) is 13.1. The maximum atomic E-state index is 13.5. The Morgan fingerprint density at radius 2 is 1.62 bits per heavy atom. The van der Waals surface area contributed by atoms with Gasteiger partial charge in [-0.1, -0.05) is 60.8 Å². The van der Waals surface area contributed by atoms with Crippen molar-refractivity contribution in [1.82, 2.24) is 10.2 Å². The van der Waals surface area contributed by atoms with Gasteiger partial charge in [-0.2, -0.15) is 0 Å². The molecule has 0 aliphatic carbocycles. The molecule has 0 spiro atoms. The van der Waals surface area contributed by atoms with E-state index in [9.17, 15) is 18.0 Å². The minimum absolute atomic E-state index is 0.0156. The van der Waals surface area contributed by atoms with Gasteiger partial charge in [-0.25, -0.2) is 8.42 Å². The van der Waals surface area contributed by atoms with Gasteiger partial charge in [0.05, 0.1) is 11.9 Å². The summed E-state index contributed by atoms with van der Waals surface area (Å²) in [4.78, 5) is 28.1. The molecule has 2 atom stereocenters. The van der Waals surface area contributed by atoms with Crippen molar-refractivity contribution in [2.75, 3.05) is 17.1 Å². The fourth-order valence-electron chi connectivity index (χ4n) is 3.85. The average Bonchev–Trinajstić information content (AvgIpc) is 2.82. The number of benzene rings is 2. The summed E-state index contributed by atoms with van der Waals surface area (Å²) in [6.45, 7) is 5.82. The molecule has 37 heavy (non-hydrogen) atoms. The maximum Gasteiger partial charge on any atom is 0.243 e. The Kier molecular flexibility index (Phi) is 12.0. The van der Waals surface area contributed by atoms with Gasteiger partial charge in [-0.05, 0) is 56.5 Å². The fraction of sp³-hybridized carbons (Fsp3) is 0.462. The third-order valence-corrected chi connectivity index (χ3v) is 8.16. The van der Waals surface area contributed by atoms with E-state index in [0.29, 0.717) is 32.7 Å².